The summed E-state index contributed by atoms with van der Waals surface area (Å²) < 4.78 is 0. The van der Waals surface area contributed by atoms with Gasteiger partial charge in [0, 0.05) is 5.56 Å². The summed E-state index contributed by atoms with van der Waals surface area (Å²) in [5.74, 6) is 0.775. The number of hydrogen-bond acceptors (Lipinski definition) is 5. The lowest BCUT2D eigenvalue weighted by molar-refractivity contribution is 1.05. The Balaban J connectivity index is 2.59. The molecule has 0 aliphatic carbocycles. The van der Waals surface area contributed by atoms with Crippen molar-refractivity contribution in [2.24, 2.45) is 0 Å². The molecular formula is C12H10N4S. The van der Waals surface area contributed by atoms with Crippen LogP contribution in [0.5, 0.6) is 0 Å². The SMILES string of the molecule is CSc1nc(-c2ccccc2)nc(N)c1C#N. The number of rotatable bonds is 2. The van der Waals surface area contributed by atoms with Crippen LogP contribution in [0.25, 0.3) is 11.4 Å². The summed E-state index contributed by atoms with van der Waals surface area (Å²) >= 11 is 1.39. The van der Waals surface area contributed by atoms with Gasteiger partial charge in [0.15, 0.2) is 5.82 Å². The summed E-state index contributed by atoms with van der Waals surface area (Å²) in [6.45, 7) is 0. The average molecular weight is 242 g/mol. The van der Waals surface area contributed by atoms with E-state index >= 15 is 0 Å². The number of nitriles is 1. The minimum absolute atomic E-state index is 0.228. The molecule has 1 aromatic heterocycles. The maximum Gasteiger partial charge on any atom is 0.162 e. The topological polar surface area (TPSA) is 75.6 Å². The van der Waals surface area contributed by atoms with Gasteiger partial charge >= 0.3 is 0 Å². The van der Waals surface area contributed by atoms with Crippen LogP contribution in [0.2, 0.25) is 0 Å². The second-order valence-electron chi connectivity index (χ2n) is 3.29. The zero-order valence-corrected chi connectivity index (χ0v) is 10.0. The molecule has 0 spiro atoms. The molecule has 2 N–H and O–H groups in total. The number of hydrogen-bond donors (Lipinski definition) is 1. The molecule has 17 heavy (non-hydrogen) atoms. The monoisotopic (exact) mass is 242 g/mol. The van der Waals surface area contributed by atoms with Crippen molar-refractivity contribution in [1.82, 2.24) is 9.97 Å². The number of nitrogen functional groups attached to an aromatic ring is 1. The third-order valence-corrected chi connectivity index (χ3v) is 2.92. The molecule has 0 atom stereocenters. The quantitative estimate of drug-likeness (QED) is 0.646. The van der Waals surface area contributed by atoms with Crippen LogP contribution in [0.3, 0.4) is 0 Å². The molecule has 0 saturated heterocycles. The highest BCUT2D eigenvalue weighted by atomic mass is 32.2. The first-order valence-corrected chi connectivity index (χ1v) is 6.15. The second-order valence-corrected chi connectivity index (χ2v) is 4.09. The van der Waals surface area contributed by atoms with E-state index in [-0.39, 0.29) is 5.82 Å². The van der Waals surface area contributed by atoms with E-state index in [2.05, 4.69) is 9.97 Å². The Morgan fingerprint density at radius 1 is 1.24 bits per heavy atom. The van der Waals surface area contributed by atoms with E-state index in [1.54, 1.807) is 0 Å². The predicted molar refractivity (Wildman–Crippen MR) is 68.4 cm³/mol. The van der Waals surface area contributed by atoms with Crippen molar-refractivity contribution in [1.29, 1.82) is 5.26 Å². The van der Waals surface area contributed by atoms with Gasteiger partial charge in [0.2, 0.25) is 0 Å². The van der Waals surface area contributed by atoms with Gasteiger partial charge < -0.3 is 5.73 Å². The van der Waals surface area contributed by atoms with Crippen LogP contribution in [0, 0.1) is 11.3 Å². The fraction of sp³-hybridized carbons (Fsp3) is 0.0833. The molecule has 0 unspecified atom stereocenters. The van der Waals surface area contributed by atoms with E-state index in [9.17, 15) is 0 Å². The number of aromatic nitrogens is 2. The highest BCUT2D eigenvalue weighted by Crippen LogP contribution is 2.25. The molecule has 2 rings (SSSR count). The summed E-state index contributed by atoms with van der Waals surface area (Å²) in [6.07, 6.45) is 1.86. The first-order chi connectivity index (χ1) is 8.26. The molecule has 1 heterocycles. The van der Waals surface area contributed by atoms with Gasteiger partial charge in [-0.05, 0) is 6.26 Å². The van der Waals surface area contributed by atoms with Crippen LogP contribution in [0.4, 0.5) is 5.82 Å². The molecule has 0 saturated carbocycles. The molecule has 0 radical (unpaired) electrons. The van der Waals surface area contributed by atoms with Crippen LogP contribution in [-0.4, -0.2) is 16.2 Å². The Bertz CT molecular complexity index is 575. The van der Waals surface area contributed by atoms with Crippen LogP contribution >= 0.6 is 11.8 Å². The Morgan fingerprint density at radius 3 is 2.53 bits per heavy atom. The number of thioether (sulfide) groups is 1. The summed E-state index contributed by atoms with van der Waals surface area (Å²) in [7, 11) is 0. The molecule has 2 aromatic rings. The van der Waals surface area contributed by atoms with E-state index in [1.807, 2.05) is 42.7 Å². The van der Waals surface area contributed by atoms with E-state index in [4.69, 9.17) is 11.0 Å². The summed E-state index contributed by atoms with van der Waals surface area (Å²) in [5, 5.41) is 9.58. The Hall–Kier alpha value is -2.06. The van der Waals surface area contributed by atoms with Crippen molar-refractivity contribution in [3.8, 4) is 17.5 Å². The van der Waals surface area contributed by atoms with E-state index < -0.39 is 0 Å². The van der Waals surface area contributed by atoms with E-state index in [0.717, 1.165) is 5.56 Å². The van der Waals surface area contributed by atoms with Gasteiger partial charge in [-0.25, -0.2) is 9.97 Å². The molecule has 0 aliphatic heterocycles. The zero-order valence-electron chi connectivity index (χ0n) is 9.21. The van der Waals surface area contributed by atoms with Crippen LogP contribution in [0.1, 0.15) is 5.56 Å². The Labute approximate surface area is 104 Å². The standard InChI is InChI=1S/C12H10N4S/c1-17-12-9(7-13)10(14)15-11(16-12)8-5-3-2-4-6-8/h2-6H,1H3,(H2,14,15,16). The fourth-order valence-corrected chi connectivity index (χ4v) is 1.96. The molecule has 4 nitrogen and oxygen atoms in total. The lowest BCUT2D eigenvalue weighted by atomic mass is 10.2. The lowest BCUT2D eigenvalue weighted by Crippen LogP contribution is -2.02. The van der Waals surface area contributed by atoms with Gasteiger partial charge in [-0.2, -0.15) is 5.26 Å². The van der Waals surface area contributed by atoms with Crippen molar-refractivity contribution in [2.75, 3.05) is 12.0 Å². The van der Waals surface area contributed by atoms with Crippen LogP contribution < -0.4 is 5.73 Å². The smallest absolute Gasteiger partial charge is 0.162 e. The molecule has 0 bridgehead atoms. The van der Waals surface area contributed by atoms with Gasteiger partial charge in [-0.15, -0.1) is 11.8 Å². The fourth-order valence-electron chi connectivity index (χ4n) is 1.43. The summed E-state index contributed by atoms with van der Waals surface area (Å²) in [5.41, 5.74) is 6.99. The van der Waals surface area contributed by atoms with E-state index in [0.29, 0.717) is 16.4 Å². The zero-order chi connectivity index (χ0) is 12.3. The van der Waals surface area contributed by atoms with Gasteiger partial charge in [0.1, 0.15) is 22.5 Å². The van der Waals surface area contributed by atoms with Crippen molar-refractivity contribution in [2.45, 2.75) is 5.03 Å². The highest BCUT2D eigenvalue weighted by molar-refractivity contribution is 7.98. The van der Waals surface area contributed by atoms with Gasteiger partial charge in [0.05, 0.1) is 0 Å². The Morgan fingerprint density at radius 2 is 1.94 bits per heavy atom. The maximum absolute atomic E-state index is 8.97. The molecule has 1 aromatic carbocycles. The van der Waals surface area contributed by atoms with Gasteiger partial charge in [-0.3, -0.25) is 0 Å². The lowest BCUT2D eigenvalue weighted by Gasteiger charge is -2.06. The minimum Gasteiger partial charge on any atom is -0.382 e. The first kappa shape index (κ1) is 11.4. The summed E-state index contributed by atoms with van der Waals surface area (Å²) in [6, 6.07) is 11.6. The van der Waals surface area contributed by atoms with E-state index in [1.165, 1.54) is 11.8 Å². The number of nitrogens with zero attached hydrogens (tertiary/aromatic N) is 3. The maximum atomic E-state index is 8.97. The third-order valence-electron chi connectivity index (χ3n) is 2.24. The minimum atomic E-state index is 0.228. The second kappa shape index (κ2) is 4.85. The molecule has 5 heteroatoms. The molecule has 0 amide bonds. The van der Waals surface area contributed by atoms with Gasteiger partial charge in [0.25, 0.3) is 0 Å². The normalized spacial score (nSPS) is 9.88. The summed E-state index contributed by atoms with van der Waals surface area (Å²) in [4.78, 5) is 8.50. The van der Waals surface area contributed by atoms with Crippen molar-refractivity contribution in [3.05, 3.63) is 35.9 Å². The number of anilines is 1. The van der Waals surface area contributed by atoms with Crippen molar-refractivity contribution in [3.63, 3.8) is 0 Å². The average Bonchev–Trinajstić information content (AvgIpc) is 2.38. The number of benzene rings is 1. The highest BCUT2D eigenvalue weighted by Gasteiger charge is 2.12. The largest absolute Gasteiger partial charge is 0.382 e. The third kappa shape index (κ3) is 2.22. The predicted octanol–water partition coefficient (Wildman–Crippen LogP) is 2.32. The number of nitrogens with two attached hydrogens (primary N) is 1. The molecule has 0 aliphatic rings. The van der Waals surface area contributed by atoms with Gasteiger partial charge in [-0.1, -0.05) is 30.3 Å². The van der Waals surface area contributed by atoms with Crippen LogP contribution in [0.15, 0.2) is 35.4 Å². The Kier molecular flexibility index (Phi) is 3.26. The van der Waals surface area contributed by atoms with Crippen LogP contribution in [-0.2, 0) is 0 Å². The molecule has 84 valence electrons. The van der Waals surface area contributed by atoms with Crippen molar-refractivity contribution >= 4 is 17.6 Å². The first-order valence-electron chi connectivity index (χ1n) is 4.93. The molecule has 0 fully saturated rings. The molecular weight excluding hydrogens is 232 g/mol. The van der Waals surface area contributed by atoms with Crippen molar-refractivity contribution < 1.29 is 0 Å².